The highest BCUT2D eigenvalue weighted by molar-refractivity contribution is 14.1. The van der Waals surface area contributed by atoms with Crippen molar-refractivity contribution in [1.29, 1.82) is 0 Å². The lowest BCUT2D eigenvalue weighted by molar-refractivity contribution is -0.141. The zero-order chi connectivity index (χ0) is 11.6. The van der Waals surface area contributed by atoms with Gasteiger partial charge in [0.25, 0.3) is 0 Å². The molecule has 0 radical (unpaired) electrons. The molecule has 0 aliphatic carbocycles. The maximum Gasteiger partial charge on any atom is 0.433 e. The number of amides is 1. The van der Waals surface area contributed by atoms with Crippen LogP contribution in [0.2, 0.25) is 0 Å². The van der Waals surface area contributed by atoms with Crippen LogP contribution in [0.5, 0.6) is 0 Å². The number of carbonyl (C=O) groups is 1. The summed E-state index contributed by atoms with van der Waals surface area (Å²) in [6.45, 7) is 0. The van der Waals surface area contributed by atoms with Crippen LogP contribution in [0.4, 0.5) is 23.7 Å². The summed E-state index contributed by atoms with van der Waals surface area (Å²) in [4.78, 5) is 13.3. The number of pyridine rings is 1. The lowest BCUT2D eigenvalue weighted by Gasteiger charge is -2.08. The second-order valence-corrected chi connectivity index (χ2v) is 3.64. The topological polar surface area (TPSA) is 62.2 Å². The first-order valence-electron chi connectivity index (χ1n) is 3.53. The molecule has 4 nitrogen and oxygen atoms in total. The summed E-state index contributed by atoms with van der Waals surface area (Å²) < 4.78 is 36.6. The van der Waals surface area contributed by atoms with Crippen molar-refractivity contribution in [2.75, 3.05) is 5.32 Å². The fourth-order valence-electron chi connectivity index (χ4n) is 0.793. The highest BCUT2D eigenvalue weighted by Crippen LogP contribution is 2.30. The van der Waals surface area contributed by atoms with E-state index in [0.717, 1.165) is 12.3 Å². The third-order valence-electron chi connectivity index (χ3n) is 1.39. The van der Waals surface area contributed by atoms with E-state index in [1.165, 1.54) is 0 Å². The normalized spacial score (nSPS) is 11.2. The number of halogens is 4. The van der Waals surface area contributed by atoms with E-state index in [1.54, 1.807) is 22.6 Å². The number of hydrogen-bond acceptors (Lipinski definition) is 2. The summed E-state index contributed by atoms with van der Waals surface area (Å²) >= 11 is 1.59. The van der Waals surface area contributed by atoms with Crippen molar-refractivity contribution in [3.8, 4) is 0 Å². The SMILES string of the molecule is O=C(O)Nc1cnc(C(F)(F)F)cc1I. The van der Waals surface area contributed by atoms with Gasteiger partial charge in [-0.25, -0.2) is 9.78 Å². The first kappa shape index (κ1) is 12.0. The molecule has 0 aromatic carbocycles. The molecule has 0 atom stereocenters. The fourth-order valence-corrected chi connectivity index (χ4v) is 1.36. The molecule has 0 saturated heterocycles. The standard InChI is InChI=1S/C7H4F3IN2O2/c8-7(9,10)5-1-3(11)4(2-12-5)13-6(14)15/h1-2,13H,(H,14,15). The Morgan fingerprint density at radius 2 is 2.13 bits per heavy atom. The zero-order valence-electron chi connectivity index (χ0n) is 6.97. The monoisotopic (exact) mass is 332 g/mol. The molecule has 82 valence electrons. The van der Waals surface area contributed by atoms with Gasteiger partial charge in [0.05, 0.1) is 11.9 Å². The van der Waals surface area contributed by atoms with E-state index in [9.17, 15) is 18.0 Å². The van der Waals surface area contributed by atoms with Gasteiger partial charge in [0, 0.05) is 3.57 Å². The third kappa shape index (κ3) is 3.22. The predicted molar refractivity (Wildman–Crippen MR) is 53.6 cm³/mol. The Morgan fingerprint density at radius 1 is 1.53 bits per heavy atom. The molecule has 2 N–H and O–H groups in total. The first-order chi connectivity index (χ1) is 6.80. The number of alkyl halides is 3. The van der Waals surface area contributed by atoms with E-state index in [-0.39, 0.29) is 9.26 Å². The molecule has 0 bridgehead atoms. The highest BCUT2D eigenvalue weighted by Gasteiger charge is 2.32. The van der Waals surface area contributed by atoms with Crippen molar-refractivity contribution >= 4 is 34.4 Å². The smallest absolute Gasteiger partial charge is 0.433 e. The molecule has 0 spiro atoms. The summed E-state index contributed by atoms with van der Waals surface area (Å²) in [5.41, 5.74) is -1.03. The molecule has 1 aromatic heterocycles. The van der Waals surface area contributed by atoms with Crippen molar-refractivity contribution in [1.82, 2.24) is 4.98 Å². The molecule has 0 aliphatic rings. The van der Waals surface area contributed by atoms with Gasteiger partial charge in [-0.05, 0) is 28.7 Å². The van der Waals surface area contributed by atoms with E-state index in [2.05, 4.69) is 4.98 Å². The molecule has 1 amide bonds. The number of carboxylic acid groups (broad SMARTS) is 1. The van der Waals surface area contributed by atoms with Crippen LogP contribution < -0.4 is 5.32 Å². The van der Waals surface area contributed by atoms with E-state index in [0.29, 0.717) is 0 Å². The maximum absolute atomic E-state index is 12.2. The second kappa shape index (κ2) is 4.21. The Morgan fingerprint density at radius 3 is 2.53 bits per heavy atom. The number of rotatable bonds is 1. The Kier molecular flexibility index (Phi) is 3.37. The van der Waals surface area contributed by atoms with Crippen molar-refractivity contribution in [3.05, 3.63) is 21.5 Å². The molecular weight excluding hydrogens is 328 g/mol. The Hall–Kier alpha value is -1.06. The largest absolute Gasteiger partial charge is 0.465 e. The van der Waals surface area contributed by atoms with Crippen LogP contribution in [0.1, 0.15) is 5.69 Å². The molecule has 1 aromatic rings. The summed E-state index contributed by atoms with van der Waals surface area (Å²) in [5.74, 6) is 0. The average molecular weight is 332 g/mol. The second-order valence-electron chi connectivity index (χ2n) is 2.48. The van der Waals surface area contributed by atoms with Gasteiger partial charge < -0.3 is 5.11 Å². The number of hydrogen-bond donors (Lipinski definition) is 2. The fraction of sp³-hybridized carbons (Fsp3) is 0.143. The minimum atomic E-state index is -4.53. The highest BCUT2D eigenvalue weighted by atomic mass is 127. The Labute approximate surface area is 95.6 Å². The van der Waals surface area contributed by atoms with Crippen LogP contribution >= 0.6 is 22.6 Å². The molecule has 0 aliphatic heterocycles. The Bertz CT molecular complexity index is 394. The van der Waals surface area contributed by atoms with Gasteiger partial charge in [-0.2, -0.15) is 13.2 Å². The molecule has 1 rings (SSSR count). The van der Waals surface area contributed by atoms with Crippen molar-refractivity contribution < 1.29 is 23.1 Å². The first-order valence-corrected chi connectivity index (χ1v) is 4.61. The Balaban J connectivity index is 3.03. The average Bonchev–Trinajstić information content (AvgIpc) is 2.05. The van der Waals surface area contributed by atoms with Crippen molar-refractivity contribution in [2.24, 2.45) is 0 Å². The minimum Gasteiger partial charge on any atom is -0.465 e. The van der Waals surface area contributed by atoms with Crippen molar-refractivity contribution in [3.63, 3.8) is 0 Å². The molecule has 1 heterocycles. The molecule has 0 unspecified atom stereocenters. The van der Waals surface area contributed by atoms with Crippen molar-refractivity contribution in [2.45, 2.75) is 6.18 Å². The van der Waals surface area contributed by atoms with Crippen LogP contribution in [-0.4, -0.2) is 16.2 Å². The van der Waals surface area contributed by atoms with Gasteiger partial charge in [0.2, 0.25) is 0 Å². The molecule has 0 fully saturated rings. The maximum atomic E-state index is 12.2. The quantitative estimate of drug-likeness (QED) is 0.778. The third-order valence-corrected chi connectivity index (χ3v) is 2.28. The van der Waals surface area contributed by atoms with E-state index >= 15 is 0 Å². The van der Waals surface area contributed by atoms with Crippen LogP contribution in [0.25, 0.3) is 0 Å². The summed E-state index contributed by atoms with van der Waals surface area (Å²) in [6, 6.07) is 0.770. The van der Waals surface area contributed by atoms with Gasteiger partial charge in [-0.3, -0.25) is 5.32 Å². The summed E-state index contributed by atoms with van der Waals surface area (Å²) in [5, 5.41) is 10.3. The molecule has 8 heteroatoms. The van der Waals surface area contributed by atoms with Gasteiger partial charge in [0.15, 0.2) is 0 Å². The van der Waals surface area contributed by atoms with Crippen LogP contribution in [0, 0.1) is 3.57 Å². The summed E-state index contributed by atoms with van der Waals surface area (Å²) in [6.07, 6.45) is -5.05. The van der Waals surface area contributed by atoms with E-state index in [4.69, 9.17) is 5.11 Å². The van der Waals surface area contributed by atoms with E-state index in [1.807, 2.05) is 5.32 Å². The van der Waals surface area contributed by atoms with Crippen LogP contribution in [0.15, 0.2) is 12.3 Å². The predicted octanol–water partition coefficient (Wildman–Crippen LogP) is 2.79. The van der Waals surface area contributed by atoms with Gasteiger partial charge in [-0.1, -0.05) is 0 Å². The minimum absolute atomic E-state index is 0.0242. The van der Waals surface area contributed by atoms with Crippen LogP contribution in [-0.2, 0) is 6.18 Å². The molecule has 15 heavy (non-hydrogen) atoms. The van der Waals surface area contributed by atoms with Crippen LogP contribution in [0.3, 0.4) is 0 Å². The number of anilines is 1. The van der Waals surface area contributed by atoms with Gasteiger partial charge >= 0.3 is 12.3 Å². The number of nitrogens with one attached hydrogen (secondary N) is 1. The molecular formula is C7H4F3IN2O2. The number of nitrogens with zero attached hydrogens (tertiary/aromatic N) is 1. The van der Waals surface area contributed by atoms with Gasteiger partial charge in [0.1, 0.15) is 5.69 Å². The van der Waals surface area contributed by atoms with Gasteiger partial charge in [-0.15, -0.1) is 0 Å². The lowest BCUT2D eigenvalue weighted by Crippen LogP contribution is -2.12. The molecule has 0 saturated carbocycles. The summed E-state index contributed by atoms with van der Waals surface area (Å²) in [7, 11) is 0. The lowest BCUT2D eigenvalue weighted by atomic mass is 10.3. The van der Waals surface area contributed by atoms with E-state index < -0.39 is 18.0 Å². The zero-order valence-corrected chi connectivity index (χ0v) is 9.13. The number of aromatic nitrogens is 1.